The Labute approximate surface area is 124 Å². The molecule has 1 fully saturated rings. The minimum absolute atomic E-state index is 0. The van der Waals surface area contributed by atoms with Crippen LogP contribution in [0, 0.1) is 5.92 Å². The molecule has 2 atom stereocenters. The number of halogens is 2. The molecular weight excluding hydrogens is 312 g/mol. The Morgan fingerprint density at radius 2 is 2.06 bits per heavy atom. The van der Waals surface area contributed by atoms with Crippen LogP contribution in [0.5, 0.6) is 0 Å². The molecule has 0 saturated carbocycles. The Kier molecular flexibility index (Phi) is 6.64. The lowest BCUT2D eigenvalue weighted by Crippen LogP contribution is -2.39. The van der Waals surface area contributed by atoms with Crippen molar-refractivity contribution >= 4 is 28.3 Å². The number of benzene rings is 1. The first-order valence-corrected chi connectivity index (χ1v) is 7.19. The third-order valence-electron chi connectivity index (χ3n) is 3.78. The highest BCUT2D eigenvalue weighted by Crippen LogP contribution is 2.26. The monoisotopic (exact) mass is 332 g/mol. The minimum atomic E-state index is 0. The number of likely N-dealkylation sites (tertiary alicyclic amines) is 1. The molecule has 0 bridgehead atoms. The largest absolute Gasteiger partial charge is 0.330 e. The van der Waals surface area contributed by atoms with E-state index in [1.54, 1.807) is 0 Å². The fourth-order valence-corrected chi connectivity index (χ4v) is 2.86. The molecule has 102 valence electrons. The van der Waals surface area contributed by atoms with Crippen LogP contribution in [0.3, 0.4) is 0 Å². The lowest BCUT2D eigenvalue weighted by Gasteiger charge is -2.36. The zero-order valence-electron chi connectivity index (χ0n) is 10.8. The Morgan fingerprint density at radius 3 is 2.67 bits per heavy atom. The van der Waals surface area contributed by atoms with Crippen LogP contribution in [0.1, 0.15) is 31.4 Å². The van der Waals surface area contributed by atoms with E-state index in [1.807, 2.05) is 0 Å². The Balaban J connectivity index is 0.00000162. The number of hydrogen-bond acceptors (Lipinski definition) is 2. The first-order valence-electron chi connectivity index (χ1n) is 6.40. The zero-order chi connectivity index (χ0) is 12.3. The predicted molar refractivity (Wildman–Crippen MR) is 83.2 cm³/mol. The van der Waals surface area contributed by atoms with Crippen LogP contribution >= 0.6 is 28.3 Å². The van der Waals surface area contributed by atoms with Crippen LogP contribution in [-0.4, -0.2) is 24.5 Å². The van der Waals surface area contributed by atoms with Crippen molar-refractivity contribution in [1.29, 1.82) is 0 Å². The van der Waals surface area contributed by atoms with Crippen molar-refractivity contribution in [3.05, 3.63) is 34.3 Å². The molecule has 1 saturated heterocycles. The van der Waals surface area contributed by atoms with E-state index in [4.69, 9.17) is 5.73 Å². The zero-order valence-corrected chi connectivity index (χ0v) is 13.2. The SMILES string of the molecule is CC(c1ccc(Br)cc1)N1CCCC(CN)C1.Cl. The lowest BCUT2D eigenvalue weighted by molar-refractivity contribution is 0.134. The second-order valence-corrected chi connectivity index (χ2v) is 5.88. The second-order valence-electron chi connectivity index (χ2n) is 4.97. The average Bonchev–Trinajstić information content (AvgIpc) is 2.39. The highest BCUT2D eigenvalue weighted by molar-refractivity contribution is 9.10. The van der Waals surface area contributed by atoms with Crippen molar-refractivity contribution < 1.29 is 0 Å². The van der Waals surface area contributed by atoms with Gasteiger partial charge in [-0.1, -0.05) is 28.1 Å². The van der Waals surface area contributed by atoms with Gasteiger partial charge in [0.15, 0.2) is 0 Å². The molecule has 2 unspecified atom stereocenters. The van der Waals surface area contributed by atoms with E-state index in [9.17, 15) is 0 Å². The van der Waals surface area contributed by atoms with Crippen LogP contribution < -0.4 is 5.73 Å². The summed E-state index contributed by atoms with van der Waals surface area (Å²) in [5.74, 6) is 0.682. The smallest absolute Gasteiger partial charge is 0.0320 e. The number of piperidine rings is 1. The summed E-state index contributed by atoms with van der Waals surface area (Å²) in [7, 11) is 0. The summed E-state index contributed by atoms with van der Waals surface area (Å²) in [5.41, 5.74) is 7.19. The molecule has 4 heteroatoms. The van der Waals surface area contributed by atoms with Gasteiger partial charge >= 0.3 is 0 Å². The molecule has 1 aromatic carbocycles. The van der Waals surface area contributed by atoms with Gasteiger partial charge in [-0.05, 0) is 56.5 Å². The molecule has 2 rings (SSSR count). The van der Waals surface area contributed by atoms with Crippen molar-refractivity contribution in [2.75, 3.05) is 19.6 Å². The molecule has 0 radical (unpaired) electrons. The molecule has 1 heterocycles. The quantitative estimate of drug-likeness (QED) is 0.915. The van der Waals surface area contributed by atoms with Gasteiger partial charge in [0, 0.05) is 17.1 Å². The van der Waals surface area contributed by atoms with E-state index in [0.29, 0.717) is 12.0 Å². The molecule has 0 amide bonds. The van der Waals surface area contributed by atoms with Gasteiger partial charge in [-0.2, -0.15) is 0 Å². The first kappa shape index (κ1) is 16.0. The van der Waals surface area contributed by atoms with Crippen molar-refractivity contribution in [3.8, 4) is 0 Å². The molecule has 0 aromatic heterocycles. The Morgan fingerprint density at radius 1 is 1.39 bits per heavy atom. The van der Waals surface area contributed by atoms with Crippen molar-refractivity contribution in [1.82, 2.24) is 4.90 Å². The van der Waals surface area contributed by atoms with Crippen LogP contribution in [0.25, 0.3) is 0 Å². The van der Waals surface area contributed by atoms with E-state index in [2.05, 4.69) is 52.0 Å². The Bertz CT molecular complexity index is 355. The van der Waals surface area contributed by atoms with E-state index in [0.717, 1.165) is 17.6 Å². The summed E-state index contributed by atoms with van der Waals surface area (Å²) in [5, 5.41) is 0. The predicted octanol–water partition coefficient (Wildman–Crippen LogP) is 3.60. The van der Waals surface area contributed by atoms with Crippen molar-refractivity contribution in [3.63, 3.8) is 0 Å². The van der Waals surface area contributed by atoms with Crippen LogP contribution in [-0.2, 0) is 0 Å². The lowest BCUT2D eigenvalue weighted by atomic mass is 9.95. The third-order valence-corrected chi connectivity index (χ3v) is 4.31. The molecule has 1 aliphatic heterocycles. The molecule has 2 nitrogen and oxygen atoms in total. The maximum Gasteiger partial charge on any atom is 0.0320 e. The Hall–Kier alpha value is -0.0900. The summed E-state index contributed by atoms with van der Waals surface area (Å²) in [6.45, 7) is 5.47. The summed E-state index contributed by atoms with van der Waals surface area (Å²) in [4.78, 5) is 2.56. The third kappa shape index (κ3) is 3.95. The maximum atomic E-state index is 5.79. The van der Waals surface area contributed by atoms with Gasteiger partial charge in [-0.15, -0.1) is 12.4 Å². The van der Waals surface area contributed by atoms with Crippen LogP contribution in [0.4, 0.5) is 0 Å². The molecule has 1 aromatic rings. The molecule has 2 N–H and O–H groups in total. The van der Waals surface area contributed by atoms with Crippen LogP contribution in [0.15, 0.2) is 28.7 Å². The number of rotatable bonds is 3. The fraction of sp³-hybridized carbons (Fsp3) is 0.571. The average molecular weight is 334 g/mol. The summed E-state index contributed by atoms with van der Waals surface area (Å²) >= 11 is 3.48. The van der Waals surface area contributed by atoms with E-state index < -0.39 is 0 Å². The molecule has 0 spiro atoms. The molecule has 1 aliphatic rings. The highest BCUT2D eigenvalue weighted by Gasteiger charge is 2.23. The van der Waals surface area contributed by atoms with Crippen molar-refractivity contribution in [2.45, 2.75) is 25.8 Å². The van der Waals surface area contributed by atoms with Gasteiger partial charge in [0.1, 0.15) is 0 Å². The summed E-state index contributed by atoms with van der Waals surface area (Å²) in [6.07, 6.45) is 2.57. The van der Waals surface area contributed by atoms with Gasteiger partial charge in [-0.3, -0.25) is 4.90 Å². The standard InChI is InChI=1S/C14H21BrN2.ClH/c1-11(13-4-6-14(15)7-5-13)17-8-2-3-12(9-16)10-17;/h4-7,11-12H,2-3,8-10,16H2,1H3;1H. The first-order chi connectivity index (χ1) is 8.20. The van der Waals surface area contributed by atoms with Gasteiger partial charge in [-0.25, -0.2) is 0 Å². The van der Waals surface area contributed by atoms with Crippen molar-refractivity contribution in [2.24, 2.45) is 11.7 Å². The van der Waals surface area contributed by atoms with E-state index >= 15 is 0 Å². The van der Waals surface area contributed by atoms with Gasteiger partial charge in [0.05, 0.1) is 0 Å². The van der Waals surface area contributed by atoms with Crippen LogP contribution in [0.2, 0.25) is 0 Å². The maximum absolute atomic E-state index is 5.79. The number of hydrogen-bond donors (Lipinski definition) is 1. The normalized spacial score (nSPS) is 22.3. The number of nitrogens with two attached hydrogens (primary N) is 1. The second kappa shape index (κ2) is 7.49. The minimum Gasteiger partial charge on any atom is -0.330 e. The summed E-state index contributed by atoms with van der Waals surface area (Å²) < 4.78 is 1.15. The van der Waals surface area contributed by atoms with E-state index in [1.165, 1.54) is 24.9 Å². The summed E-state index contributed by atoms with van der Waals surface area (Å²) in [6, 6.07) is 9.16. The molecular formula is C14H22BrClN2. The fourth-order valence-electron chi connectivity index (χ4n) is 2.59. The van der Waals surface area contributed by atoms with Gasteiger partial charge in [0.25, 0.3) is 0 Å². The number of nitrogens with zero attached hydrogens (tertiary/aromatic N) is 1. The molecule has 0 aliphatic carbocycles. The van der Waals surface area contributed by atoms with E-state index in [-0.39, 0.29) is 12.4 Å². The molecule has 18 heavy (non-hydrogen) atoms. The van der Waals surface area contributed by atoms with Gasteiger partial charge < -0.3 is 5.73 Å². The highest BCUT2D eigenvalue weighted by atomic mass is 79.9. The topological polar surface area (TPSA) is 29.3 Å². The van der Waals surface area contributed by atoms with Gasteiger partial charge in [0.2, 0.25) is 0 Å².